The molecule has 2 heterocycles. The molecule has 0 spiro atoms. The van der Waals surface area contributed by atoms with Crippen molar-refractivity contribution < 1.29 is 0 Å². The first-order chi connectivity index (χ1) is 7.75. The second-order valence-electron chi connectivity index (χ2n) is 4.24. The SMILES string of the molecule is CN(CCN1CCCC1)c1cc(=O)[nH]cn1. The highest BCUT2D eigenvalue weighted by Gasteiger charge is 2.12. The van der Waals surface area contributed by atoms with Gasteiger partial charge in [-0.2, -0.15) is 0 Å². The van der Waals surface area contributed by atoms with Gasteiger partial charge in [0.2, 0.25) is 0 Å². The molecule has 0 amide bonds. The van der Waals surface area contributed by atoms with Crippen LogP contribution in [-0.4, -0.2) is 48.1 Å². The fourth-order valence-corrected chi connectivity index (χ4v) is 1.98. The Morgan fingerprint density at radius 2 is 2.25 bits per heavy atom. The lowest BCUT2D eigenvalue weighted by Crippen LogP contribution is -2.32. The van der Waals surface area contributed by atoms with Gasteiger partial charge < -0.3 is 14.8 Å². The van der Waals surface area contributed by atoms with Gasteiger partial charge >= 0.3 is 0 Å². The number of likely N-dealkylation sites (tertiary alicyclic amines) is 1. The zero-order valence-corrected chi connectivity index (χ0v) is 9.65. The molecular weight excluding hydrogens is 204 g/mol. The first-order valence-corrected chi connectivity index (χ1v) is 5.74. The van der Waals surface area contributed by atoms with E-state index in [9.17, 15) is 4.79 Å². The molecule has 1 aliphatic heterocycles. The summed E-state index contributed by atoms with van der Waals surface area (Å²) in [6.07, 6.45) is 4.07. The van der Waals surface area contributed by atoms with Crippen LogP contribution in [0.25, 0.3) is 0 Å². The Balaban J connectivity index is 1.87. The van der Waals surface area contributed by atoms with E-state index in [0.717, 1.165) is 18.9 Å². The normalized spacial score (nSPS) is 16.6. The average molecular weight is 222 g/mol. The van der Waals surface area contributed by atoms with Gasteiger partial charge in [-0.15, -0.1) is 0 Å². The molecule has 0 bridgehead atoms. The maximum absolute atomic E-state index is 11.1. The summed E-state index contributed by atoms with van der Waals surface area (Å²) in [6.45, 7) is 4.37. The summed E-state index contributed by atoms with van der Waals surface area (Å²) in [7, 11) is 1.97. The van der Waals surface area contributed by atoms with E-state index in [1.54, 1.807) is 0 Å². The van der Waals surface area contributed by atoms with Crippen LogP contribution in [0, 0.1) is 0 Å². The first kappa shape index (κ1) is 11.1. The molecule has 16 heavy (non-hydrogen) atoms. The van der Waals surface area contributed by atoms with Crippen LogP contribution in [0.5, 0.6) is 0 Å². The van der Waals surface area contributed by atoms with Crippen molar-refractivity contribution in [3.63, 3.8) is 0 Å². The number of anilines is 1. The second kappa shape index (κ2) is 5.12. The molecule has 5 nitrogen and oxygen atoms in total. The van der Waals surface area contributed by atoms with Crippen LogP contribution in [0.15, 0.2) is 17.2 Å². The van der Waals surface area contributed by atoms with Crippen molar-refractivity contribution in [2.24, 2.45) is 0 Å². The van der Waals surface area contributed by atoms with Crippen LogP contribution >= 0.6 is 0 Å². The minimum Gasteiger partial charge on any atom is -0.358 e. The molecule has 0 saturated carbocycles. The summed E-state index contributed by atoms with van der Waals surface area (Å²) in [5.74, 6) is 0.739. The van der Waals surface area contributed by atoms with Gasteiger partial charge in [-0.1, -0.05) is 0 Å². The predicted octanol–water partition coefficient (Wildman–Crippen LogP) is 0.302. The summed E-state index contributed by atoms with van der Waals surface area (Å²) < 4.78 is 0. The van der Waals surface area contributed by atoms with Gasteiger partial charge in [0.15, 0.2) is 0 Å². The molecule has 0 aliphatic carbocycles. The molecule has 88 valence electrons. The van der Waals surface area contributed by atoms with Crippen LogP contribution in [0.1, 0.15) is 12.8 Å². The molecule has 0 unspecified atom stereocenters. The number of nitrogens with zero attached hydrogens (tertiary/aromatic N) is 3. The Labute approximate surface area is 95.1 Å². The highest BCUT2D eigenvalue weighted by Crippen LogP contribution is 2.08. The summed E-state index contributed by atoms with van der Waals surface area (Å²) in [5, 5.41) is 0. The van der Waals surface area contributed by atoms with Crippen LogP contribution in [-0.2, 0) is 0 Å². The molecule has 1 fully saturated rings. The zero-order valence-electron chi connectivity index (χ0n) is 9.65. The molecule has 0 radical (unpaired) electrons. The van der Waals surface area contributed by atoms with E-state index in [0.29, 0.717) is 0 Å². The third-order valence-corrected chi connectivity index (χ3v) is 3.01. The van der Waals surface area contributed by atoms with Crippen molar-refractivity contribution in [2.45, 2.75) is 12.8 Å². The lowest BCUT2D eigenvalue weighted by atomic mass is 10.4. The molecule has 0 atom stereocenters. The van der Waals surface area contributed by atoms with Gasteiger partial charge in [0.05, 0.1) is 6.33 Å². The Morgan fingerprint density at radius 3 is 2.94 bits per heavy atom. The average Bonchev–Trinajstić information content (AvgIpc) is 2.78. The van der Waals surface area contributed by atoms with Gasteiger partial charge in [0.25, 0.3) is 5.56 Å². The lowest BCUT2D eigenvalue weighted by molar-refractivity contribution is 0.346. The zero-order chi connectivity index (χ0) is 11.4. The highest BCUT2D eigenvalue weighted by molar-refractivity contribution is 5.34. The van der Waals surface area contributed by atoms with Crippen molar-refractivity contribution in [1.82, 2.24) is 14.9 Å². The molecule has 1 N–H and O–H groups in total. The Bertz CT molecular complexity index is 384. The van der Waals surface area contributed by atoms with Crippen LogP contribution in [0.2, 0.25) is 0 Å². The van der Waals surface area contributed by atoms with E-state index in [4.69, 9.17) is 0 Å². The first-order valence-electron chi connectivity index (χ1n) is 5.74. The highest BCUT2D eigenvalue weighted by atomic mass is 16.1. The largest absolute Gasteiger partial charge is 0.358 e. The molecule has 5 heteroatoms. The number of hydrogen-bond donors (Lipinski definition) is 1. The van der Waals surface area contributed by atoms with Crippen LogP contribution in [0.4, 0.5) is 5.82 Å². The third kappa shape index (κ3) is 2.82. The van der Waals surface area contributed by atoms with Crippen molar-refractivity contribution in [3.8, 4) is 0 Å². The monoisotopic (exact) mass is 222 g/mol. The maximum Gasteiger partial charge on any atom is 0.252 e. The fraction of sp³-hybridized carbons (Fsp3) is 0.636. The molecule has 1 aliphatic rings. The van der Waals surface area contributed by atoms with E-state index in [2.05, 4.69) is 14.9 Å². The van der Waals surface area contributed by atoms with E-state index in [-0.39, 0.29) is 5.56 Å². The van der Waals surface area contributed by atoms with Crippen molar-refractivity contribution in [2.75, 3.05) is 38.1 Å². The topological polar surface area (TPSA) is 52.2 Å². The van der Waals surface area contributed by atoms with Crippen molar-refractivity contribution >= 4 is 5.82 Å². The van der Waals surface area contributed by atoms with Gasteiger partial charge in [-0.05, 0) is 25.9 Å². The second-order valence-corrected chi connectivity index (χ2v) is 4.24. The van der Waals surface area contributed by atoms with Crippen molar-refractivity contribution in [3.05, 3.63) is 22.7 Å². The molecule has 2 rings (SSSR count). The smallest absolute Gasteiger partial charge is 0.252 e. The van der Waals surface area contributed by atoms with Gasteiger partial charge in [-0.25, -0.2) is 4.98 Å². The van der Waals surface area contributed by atoms with Crippen LogP contribution < -0.4 is 10.5 Å². The summed E-state index contributed by atoms with van der Waals surface area (Å²) >= 11 is 0. The minimum atomic E-state index is -0.0991. The summed E-state index contributed by atoms with van der Waals surface area (Å²) in [4.78, 5) is 22.2. The van der Waals surface area contributed by atoms with E-state index < -0.39 is 0 Å². The van der Waals surface area contributed by atoms with Crippen LogP contribution in [0.3, 0.4) is 0 Å². The summed E-state index contributed by atoms with van der Waals surface area (Å²) in [6, 6.07) is 1.53. The molecule has 1 aromatic rings. The lowest BCUT2D eigenvalue weighted by Gasteiger charge is -2.21. The Morgan fingerprint density at radius 1 is 1.50 bits per heavy atom. The maximum atomic E-state index is 11.1. The van der Waals surface area contributed by atoms with E-state index in [1.165, 1.54) is 38.3 Å². The number of hydrogen-bond acceptors (Lipinski definition) is 4. The number of aromatic amines is 1. The van der Waals surface area contributed by atoms with E-state index in [1.807, 2.05) is 11.9 Å². The Hall–Kier alpha value is -1.36. The number of aromatic nitrogens is 2. The van der Waals surface area contributed by atoms with Gasteiger partial charge in [0.1, 0.15) is 5.82 Å². The summed E-state index contributed by atoms with van der Waals surface area (Å²) in [5.41, 5.74) is -0.0991. The number of H-pyrrole nitrogens is 1. The molecule has 0 aromatic carbocycles. The molecule has 1 aromatic heterocycles. The van der Waals surface area contributed by atoms with Gasteiger partial charge in [0, 0.05) is 26.2 Å². The number of likely N-dealkylation sites (N-methyl/N-ethyl adjacent to an activating group) is 1. The Kier molecular flexibility index (Phi) is 3.56. The molecule has 1 saturated heterocycles. The van der Waals surface area contributed by atoms with Gasteiger partial charge in [-0.3, -0.25) is 4.79 Å². The standard InChI is InChI=1S/C11H18N4O/c1-14(6-7-15-4-2-3-5-15)10-8-11(16)13-9-12-10/h8-9H,2-7H2,1H3,(H,12,13,16). The predicted molar refractivity (Wildman–Crippen MR) is 63.8 cm³/mol. The molecular formula is C11H18N4O. The van der Waals surface area contributed by atoms with Crippen molar-refractivity contribution in [1.29, 1.82) is 0 Å². The fourth-order valence-electron chi connectivity index (χ4n) is 1.98. The van der Waals surface area contributed by atoms with E-state index >= 15 is 0 Å². The number of nitrogens with one attached hydrogen (secondary N) is 1. The number of rotatable bonds is 4. The third-order valence-electron chi connectivity index (χ3n) is 3.01. The quantitative estimate of drug-likeness (QED) is 0.796. The minimum absolute atomic E-state index is 0.0991.